The molecule has 0 fully saturated rings. The Labute approximate surface area is 146 Å². The van der Waals surface area contributed by atoms with Crippen LogP contribution in [0.5, 0.6) is 0 Å². The van der Waals surface area contributed by atoms with Gasteiger partial charge in [0.05, 0.1) is 13.7 Å². The van der Waals surface area contributed by atoms with Gasteiger partial charge in [-0.25, -0.2) is 0 Å². The fourth-order valence-electron chi connectivity index (χ4n) is 2.30. The number of aliphatic hydroxyl groups excluding tert-OH is 1. The van der Waals surface area contributed by atoms with E-state index in [4.69, 9.17) is 0 Å². The highest BCUT2D eigenvalue weighted by atomic mass is 16.5. The number of aliphatic hydroxyl groups is 1. The number of rotatable bonds is 11. The largest absolute Gasteiger partial charge is 0.468 e. The van der Waals surface area contributed by atoms with E-state index in [1.807, 2.05) is 0 Å². The van der Waals surface area contributed by atoms with Crippen molar-refractivity contribution < 1.29 is 19.4 Å². The Bertz CT molecular complexity index is 494. The Hall–Kier alpha value is -1.68. The van der Waals surface area contributed by atoms with E-state index in [2.05, 4.69) is 37.7 Å². The van der Waals surface area contributed by atoms with Gasteiger partial charge in [-0.2, -0.15) is 0 Å². The molecule has 4 nitrogen and oxygen atoms in total. The molecule has 1 atom stereocenters. The number of hydrogen-bond donors (Lipinski definition) is 1. The van der Waals surface area contributed by atoms with Crippen LogP contribution >= 0.6 is 0 Å². The van der Waals surface area contributed by atoms with Crippen molar-refractivity contribution in [1.29, 1.82) is 0 Å². The topological polar surface area (TPSA) is 63.6 Å². The summed E-state index contributed by atoms with van der Waals surface area (Å²) in [6.07, 6.45) is 10.1. The number of carbonyl (C=O) groups excluding carboxylic acids is 2. The maximum Gasteiger partial charge on any atom is 0.316 e. The minimum Gasteiger partial charge on any atom is -0.468 e. The van der Waals surface area contributed by atoms with E-state index in [9.17, 15) is 14.7 Å². The molecule has 1 N–H and O–H groups in total. The summed E-state index contributed by atoms with van der Waals surface area (Å²) in [5.41, 5.74) is 3.51. The van der Waals surface area contributed by atoms with Crippen LogP contribution in [-0.2, 0) is 14.3 Å². The van der Waals surface area contributed by atoms with Crippen LogP contribution in [0.3, 0.4) is 0 Å². The highest BCUT2D eigenvalue weighted by molar-refractivity contribution is 5.97. The summed E-state index contributed by atoms with van der Waals surface area (Å²) in [4.78, 5) is 23.0. The van der Waals surface area contributed by atoms with Gasteiger partial charge in [-0.1, -0.05) is 29.4 Å². The zero-order valence-corrected chi connectivity index (χ0v) is 15.7. The molecule has 0 aliphatic heterocycles. The Morgan fingerprint density at radius 1 is 1.00 bits per heavy atom. The van der Waals surface area contributed by atoms with Gasteiger partial charge in [-0.3, -0.25) is 9.59 Å². The summed E-state index contributed by atoms with van der Waals surface area (Å²) in [5.74, 6) is -1.52. The van der Waals surface area contributed by atoms with Crippen molar-refractivity contribution in [3.63, 3.8) is 0 Å². The molecule has 0 saturated carbocycles. The predicted octanol–water partition coefficient (Wildman–Crippen LogP) is 4.15. The first-order valence-electron chi connectivity index (χ1n) is 8.47. The highest BCUT2D eigenvalue weighted by Crippen LogP contribution is 2.15. The SMILES string of the molecule is COC(=O)C(C/C=C(\CO)CC/C=C(\C)CCC=C(C)C)C(C)=O. The lowest BCUT2D eigenvalue weighted by Crippen LogP contribution is -2.22. The van der Waals surface area contributed by atoms with Crippen molar-refractivity contribution >= 4 is 11.8 Å². The summed E-state index contributed by atoms with van der Waals surface area (Å²) >= 11 is 0. The molecular formula is C20H32O4. The molecule has 1 unspecified atom stereocenters. The second-order valence-corrected chi connectivity index (χ2v) is 6.35. The van der Waals surface area contributed by atoms with Crippen molar-refractivity contribution in [3.05, 3.63) is 34.9 Å². The van der Waals surface area contributed by atoms with Crippen molar-refractivity contribution in [2.75, 3.05) is 13.7 Å². The molecule has 0 saturated heterocycles. The Morgan fingerprint density at radius 3 is 2.12 bits per heavy atom. The summed E-state index contributed by atoms with van der Waals surface area (Å²) in [6.45, 7) is 7.63. The fraction of sp³-hybridized carbons (Fsp3) is 0.600. The summed E-state index contributed by atoms with van der Waals surface area (Å²) < 4.78 is 4.64. The maximum atomic E-state index is 11.6. The number of methoxy groups -OCH3 is 1. The quantitative estimate of drug-likeness (QED) is 0.350. The van der Waals surface area contributed by atoms with E-state index < -0.39 is 11.9 Å². The van der Waals surface area contributed by atoms with E-state index in [0.29, 0.717) is 0 Å². The molecule has 136 valence electrons. The minimum atomic E-state index is -0.780. The fourth-order valence-corrected chi connectivity index (χ4v) is 2.30. The number of allylic oxidation sites excluding steroid dienone is 5. The molecule has 0 aromatic carbocycles. The van der Waals surface area contributed by atoms with E-state index >= 15 is 0 Å². The average Bonchev–Trinajstić information content (AvgIpc) is 2.52. The van der Waals surface area contributed by atoms with Gasteiger partial charge >= 0.3 is 5.97 Å². The van der Waals surface area contributed by atoms with Crippen molar-refractivity contribution in [1.82, 2.24) is 0 Å². The third-order valence-corrected chi connectivity index (χ3v) is 3.87. The summed E-state index contributed by atoms with van der Waals surface area (Å²) in [5, 5.41) is 9.44. The molecule has 0 rings (SSSR count). The average molecular weight is 336 g/mol. The van der Waals surface area contributed by atoms with Gasteiger partial charge in [0, 0.05) is 0 Å². The summed E-state index contributed by atoms with van der Waals surface area (Å²) in [7, 11) is 1.28. The van der Waals surface area contributed by atoms with Crippen molar-refractivity contribution in [2.24, 2.45) is 5.92 Å². The molecule has 0 spiro atoms. The standard InChI is InChI=1S/C20H32O4/c1-15(2)8-6-9-16(3)10-7-11-18(14-21)12-13-19(17(4)22)20(23)24-5/h8,10,12,19,21H,6-7,9,11,13-14H2,1-5H3/b16-10+,18-12-. The third-order valence-electron chi connectivity index (χ3n) is 3.87. The molecule has 0 heterocycles. The molecule has 0 aromatic rings. The number of Topliss-reactive ketones (excluding diaryl/α,β-unsaturated/α-hetero) is 1. The maximum absolute atomic E-state index is 11.6. The zero-order valence-electron chi connectivity index (χ0n) is 15.7. The molecule has 0 amide bonds. The highest BCUT2D eigenvalue weighted by Gasteiger charge is 2.22. The second-order valence-electron chi connectivity index (χ2n) is 6.35. The normalized spacial score (nSPS) is 13.4. The van der Waals surface area contributed by atoms with Crippen LogP contribution in [0.2, 0.25) is 0 Å². The molecule has 0 radical (unpaired) electrons. The van der Waals surface area contributed by atoms with E-state index in [1.54, 1.807) is 6.08 Å². The predicted molar refractivity (Wildman–Crippen MR) is 97.6 cm³/mol. The van der Waals surface area contributed by atoms with E-state index in [-0.39, 0.29) is 18.8 Å². The third kappa shape index (κ3) is 10.2. The zero-order chi connectivity index (χ0) is 18.5. The number of hydrogen-bond acceptors (Lipinski definition) is 4. The molecule has 0 bridgehead atoms. The van der Waals surface area contributed by atoms with Crippen LogP contribution in [-0.4, -0.2) is 30.6 Å². The van der Waals surface area contributed by atoms with Gasteiger partial charge in [0.1, 0.15) is 11.7 Å². The van der Waals surface area contributed by atoms with Crippen LogP contribution in [0.25, 0.3) is 0 Å². The second kappa shape index (κ2) is 12.7. The Morgan fingerprint density at radius 2 is 1.62 bits per heavy atom. The van der Waals surface area contributed by atoms with Crippen LogP contribution in [0.4, 0.5) is 0 Å². The monoisotopic (exact) mass is 336 g/mol. The first-order chi connectivity index (χ1) is 11.3. The molecule has 0 aromatic heterocycles. The number of esters is 1. The Kier molecular flexibility index (Phi) is 11.8. The van der Waals surface area contributed by atoms with Crippen LogP contribution < -0.4 is 0 Å². The lowest BCUT2D eigenvalue weighted by atomic mass is 9.98. The lowest BCUT2D eigenvalue weighted by molar-refractivity contribution is -0.148. The smallest absolute Gasteiger partial charge is 0.316 e. The lowest BCUT2D eigenvalue weighted by Gasteiger charge is -2.10. The number of ketones is 1. The molecule has 4 heteroatoms. The number of ether oxygens (including phenoxy) is 1. The van der Waals surface area contributed by atoms with Gasteiger partial charge in [0.25, 0.3) is 0 Å². The Balaban J connectivity index is 4.51. The van der Waals surface area contributed by atoms with Crippen molar-refractivity contribution in [2.45, 2.75) is 59.8 Å². The van der Waals surface area contributed by atoms with Crippen LogP contribution in [0.15, 0.2) is 34.9 Å². The van der Waals surface area contributed by atoms with Gasteiger partial charge in [0.15, 0.2) is 0 Å². The van der Waals surface area contributed by atoms with Gasteiger partial charge < -0.3 is 9.84 Å². The molecule has 0 aliphatic rings. The van der Waals surface area contributed by atoms with Crippen LogP contribution in [0, 0.1) is 5.92 Å². The molecule has 0 aliphatic carbocycles. The van der Waals surface area contributed by atoms with Gasteiger partial charge in [-0.05, 0) is 65.4 Å². The van der Waals surface area contributed by atoms with Crippen LogP contribution in [0.1, 0.15) is 59.8 Å². The van der Waals surface area contributed by atoms with Gasteiger partial charge in [-0.15, -0.1) is 0 Å². The van der Waals surface area contributed by atoms with E-state index in [0.717, 1.165) is 31.3 Å². The van der Waals surface area contributed by atoms with E-state index in [1.165, 1.54) is 25.2 Å². The summed E-state index contributed by atoms with van der Waals surface area (Å²) in [6, 6.07) is 0. The first-order valence-corrected chi connectivity index (χ1v) is 8.47. The van der Waals surface area contributed by atoms with Crippen molar-refractivity contribution in [3.8, 4) is 0 Å². The molecule has 24 heavy (non-hydrogen) atoms. The minimum absolute atomic E-state index is 0.0591. The number of carbonyl (C=O) groups is 2. The molecular weight excluding hydrogens is 304 g/mol. The van der Waals surface area contributed by atoms with Gasteiger partial charge in [0.2, 0.25) is 0 Å². The first kappa shape index (κ1) is 22.3.